The van der Waals surface area contributed by atoms with Gasteiger partial charge in [0.2, 0.25) is 0 Å². The fraction of sp³-hybridized carbons (Fsp3) is 0.235. The van der Waals surface area contributed by atoms with Crippen LogP contribution in [-0.4, -0.2) is 25.6 Å². The SMILES string of the molecule is O=C(COc1ccc(Br)cc1Cl)c1ccc2c(c1)OCCCO2. The zero-order valence-corrected chi connectivity index (χ0v) is 14.5. The van der Waals surface area contributed by atoms with Crippen molar-refractivity contribution in [3.05, 3.63) is 51.5 Å². The lowest BCUT2D eigenvalue weighted by Gasteiger charge is -2.10. The third-order valence-corrected chi connectivity index (χ3v) is 4.11. The summed E-state index contributed by atoms with van der Waals surface area (Å²) >= 11 is 9.39. The molecule has 1 aliphatic heterocycles. The van der Waals surface area contributed by atoms with Crippen molar-refractivity contribution in [2.24, 2.45) is 0 Å². The van der Waals surface area contributed by atoms with Crippen molar-refractivity contribution in [2.45, 2.75) is 6.42 Å². The first-order chi connectivity index (χ1) is 11.1. The molecule has 0 aromatic heterocycles. The molecule has 0 radical (unpaired) electrons. The maximum Gasteiger partial charge on any atom is 0.200 e. The molecule has 6 heteroatoms. The van der Waals surface area contributed by atoms with Crippen molar-refractivity contribution >= 4 is 33.3 Å². The largest absolute Gasteiger partial charge is 0.490 e. The van der Waals surface area contributed by atoms with Gasteiger partial charge in [0.25, 0.3) is 0 Å². The molecule has 0 fully saturated rings. The van der Waals surface area contributed by atoms with Crippen molar-refractivity contribution < 1.29 is 19.0 Å². The number of ketones is 1. The van der Waals surface area contributed by atoms with E-state index in [9.17, 15) is 4.79 Å². The predicted molar refractivity (Wildman–Crippen MR) is 91.0 cm³/mol. The Kier molecular flexibility index (Phi) is 5.08. The summed E-state index contributed by atoms with van der Waals surface area (Å²) in [5, 5.41) is 0.450. The number of hydrogen-bond donors (Lipinski definition) is 0. The lowest BCUT2D eigenvalue weighted by molar-refractivity contribution is 0.0921. The predicted octanol–water partition coefficient (Wildman–Crippen LogP) is 4.53. The zero-order valence-electron chi connectivity index (χ0n) is 12.2. The minimum absolute atomic E-state index is 0.0962. The second kappa shape index (κ2) is 7.23. The Hall–Kier alpha value is -1.72. The Labute approximate surface area is 147 Å². The van der Waals surface area contributed by atoms with Gasteiger partial charge in [-0.1, -0.05) is 27.5 Å². The molecule has 2 aromatic carbocycles. The van der Waals surface area contributed by atoms with Crippen LogP contribution in [0.3, 0.4) is 0 Å². The Bertz CT molecular complexity index is 733. The molecule has 2 aromatic rings. The number of benzene rings is 2. The van der Waals surface area contributed by atoms with Crippen LogP contribution in [0.25, 0.3) is 0 Å². The minimum Gasteiger partial charge on any atom is -0.490 e. The highest BCUT2D eigenvalue weighted by Crippen LogP contribution is 2.31. The molecular weight excluding hydrogens is 384 g/mol. The molecule has 0 atom stereocenters. The van der Waals surface area contributed by atoms with Gasteiger partial charge in [-0.3, -0.25) is 4.79 Å². The maximum atomic E-state index is 12.3. The first-order valence-electron chi connectivity index (χ1n) is 7.14. The van der Waals surface area contributed by atoms with E-state index in [1.165, 1.54) is 0 Å². The highest BCUT2D eigenvalue weighted by atomic mass is 79.9. The van der Waals surface area contributed by atoms with Gasteiger partial charge < -0.3 is 14.2 Å². The number of Topliss-reactive ketones (excluding diaryl/α,β-unsaturated/α-hetero) is 1. The van der Waals surface area contributed by atoms with Crippen LogP contribution in [0, 0.1) is 0 Å². The quantitative estimate of drug-likeness (QED) is 0.711. The maximum absolute atomic E-state index is 12.3. The van der Waals surface area contributed by atoms with Gasteiger partial charge in [-0.25, -0.2) is 0 Å². The Morgan fingerprint density at radius 3 is 2.70 bits per heavy atom. The Morgan fingerprint density at radius 2 is 1.91 bits per heavy atom. The summed E-state index contributed by atoms with van der Waals surface area (Å²) in [6, 6.07) is 10.4. The van der Waals surface area contributed by atoms with E-state index < -0.39 is 0 Å². The summed E-state index contributed by atoms with van der Waals surface area (Å²) in [5.41, 5.74) is 0.516. The number of hydrogen-bond acceptors (Lipinski definition) is 4. The van der Waals surface area contributed by atoms with Crippen molar-refractivity contribution in [3.8, 4) is 17.2 Å². The summed E-state index contributed by atoms with van der Waals surface area (Å²) in [6.07, 6.45) is 0.823. The van der Waals surface area contributed by atoms with Crippen LogP contribution in [0.15, 0.2) is 40.9 Å². The van der Waals surface area contributed by atoms with E-state index in [0.29, 0.717) is 41.0 Å². The highest BCUT2D eigenvalue weighted by molar-refractivity contribution is 9.10. The van der Waals surface area contributed by atoms with Crippen molar-refractivity contribution in [3.63, 3.8) is 0 Å². The smallest absolute Gasteiger partial charge is 0.200 e. The molecule has 0 aliphatic carbocycles. The molecule has 3 rings (SSSR count). The molecule has 0 saturated heterocycles. The van der Waals surface area contributed by atoms with Crippen LogP contribution in [0.5, 0.6) is 17.2 Å². The van der Waals surface area contributed by atoms with Crippen LogP contribution < -0.4 is 14.2 Å². The molecule has 0 amide bonds. The first-order valence-corrected chi connectivity index (χ1v) is 8.31. The number of rotatable bonds is 4. The second-order valence-electron chi connectivity index (χ2n) is 5.00. The van der Waals surface area contributed by atoms with E-state index in [4.69, 9.17) is 25.8 Å². The number of carbonyl (C=O) groups excluding carboxylic acids is 1. The van der Waals surface area contributed by atoms with Crippen LogP contribution in [0.1, 0.15) is 16.8 Å². The van der Waals surface area contributed by atoms with Crippen molar-refractivity contribution in [2.75, 3.05) is 19.8 Å². The molecular formula is C17H14BrClO4. The van der Waals surface area contributed by atoms with Gasteiger partial charge in [-0.05, 0) is 36.4 Å². The topological polar surface area (TPSA) is 44.8 Å². The number of ether oxygens (including phenoxy) is 3. The first kappa shape index (κ1) is 16.1. The fourth-order valence-electron chi connectivity index (χ4n) is 2.16. The van der Waals surface area contributed by atoms with Crippen LogP contribution in [-0.2, 0) is 0 Å². The number of halogens is 2. The monoisotopic (exact) mass is 396 g/mol. The summed E-state index contributed by atoms with van der Waals surface area (Å²) in [5.74, 6) is 1.57. The molecule has 4 nitrogen and oxygen atoms in total. The molecule has 1 heterocycles. The lowest BCUT2D eigenvalue weighted by Crippen LogP contribution is -2.12. The highest BCUT2D eigenvalue weighted by Gasteiger charge is 2.15. The van der Waals surface area contributed by atoms with Crippen LogP contribution in [0.2, 0.25) is 5.02 Å². The standard InChI is InChI=1S/C17H14BrClO4/c18-12-3-5-15(13(19)9-12)23-10-14(20)11-2-4-16-17(8-11)22-7-1-6-21-16/h2-5,8-9H,1,6-7,10H2. The zero-order chi connectivity index (χ0) is 16.2. The fourth-order valence-corrected chi connectivity index (χ4v) is 2.88. The summed E-state index contributed by atoms with van der Waals surface area (Å²) < 4.78 is 17.5. The summed E-state index contributed by atoms with van der Waals surface area (Å²) in [7, 11) is 0. The van der Waals surface area contributed by atoms with Gasteiger partial charge in [0.15, 0.2) is 23.9 Å². The second-order valence-corrected chi connectivity index (χ2v) is 6.32. The van der Waals surface area contributed by atoms with Gasteiger partial charge in [0.1, 0.15) is 5.75 Å². The molecule has 0 spiro atoms. The van der Waals surface area contributed by atoms with E-state index >= 15 is 0 Å². The molecule has 0 unspecified atom stereocenters. The molecule has 0 saturated carbocycles. The minimum atomic E-state index is -0.153. The van der Waals surface area contributed by atoms with Gasteiger partial charge >= 0.3 is 0 Å². The van der Waals surface area contributed by atoms with E-state index in [-0.39, 0.29) is 12.4 Å². The molecule has 120 valence electrons. The molecule has 0 bridgehead atoms. The normalized spacial score (nSPS) is 13.3. The molecule has 1 aliphatic rings. The van der Waals surface area contributed by atoms with Crippen molar-refractivity contribution in [1.82, 2.24) is 0 Å². The third kappa shape index (κ3) is 3.98. The Balaban J connectivity index is 1.69. The van der Waals surface area contributed by atoms with E-state index in [2.05, 4.69) is 15.9 Å². The van der Waals surface area contributed by atoms with Crippen LogP contribution >= 0.6 is 27.5 Å². The number of fused-ring (bicyclic) bond motifs is 1. The van der Waals surface area contributed by atoms with Gasteiger partial charge in [0.05, 0.1) is 18.2 Å². The van der Waals surface area contributed by atoms with Gasteiger partial charge in [-0.2, -0.15) is 0 Å². The summed E-state index contributed by atoms with van der Waals surface area (Å²) in [4.78, 5) is 12.3. The average Bonchev–Trinajstić information content (AvgIpc) is 2.78. The van der Waals surface area contributed by atoms with Crippen molar-refractivity contribution in [1.29, 1.82) is 0 Å². The van der Waals surface area contributed by atoms with Crippen LogP contribution in [0.4, 0.5) is 0 Å². The number of carbonyl (C=O) groups is 1. The average molecular weight is 398 g/mol. The van der Waals surface area contributed by atoms with Gasteiger partial charge in [-0.15, -0.1) is 0 Å². The molecule has 23 heavy (non-hydrogen) atoms. The molecule has 0 N–H and O–H groups in total. The van der Waals surface area contributed by atoms with E-state index in [0.717, 1.165) is 10.9 Å². The van der Waals surface area contributed by atoms with E-state index in [1.54, 1.807) is 36.4 Å². The van der Waals surface area contributed by atoms with E-state index in [1.807, 2.05) is 0 Å². The Morgan fingerprint density at radius 1 is 1.13 bits per heavy atom. The third-order valence-electron chi connectivity index (χ3n) is 3.32. The summed E-state index contributed by atoms with van der Waals surface area (Å²) in [6.45, 7) is 1.10. The lowest BCUT2D eigenvalue weighted by atomic mass is 10.1. The van der Waals surface area contributed by atoms with Gasteiger partial charge in [0, 0.05) is 16.5 Å².